The van der Waals surface area contributed by atoms with E-state index < -0.39 is 0 Å². The molecular formula is C14H25N3S. The topological polar surface area (TPSA) is 28.2 Å². The Balaban J connectivity index is 2.27. The van der Waals surface area contributed by atoms with Crippen LogP contribution in [0.15, 0.2) is 18.0 Å². The van der Waals surface area contributed by atoms with Crippen LogP contribution in [-0.4, -0.2) is 30.0 Å². The Morgan fingerprint density at radius 1 is 1.56 bits per heavy atom. The lowest BCUT2D eigenvalue weighted by Gasteiger charge is -2.14. The second kappa shape index (κ2) is 9.25. The normalized spacial score (nSPS) is 11.1. The predicted octanol–water partition coefficient (Wildman–Crippen LogP) is 3.04. The molecule has 0 bridgehead atoms. The first-order valence-electron chi connectivity index (χ1n) is 6.69. The van der Waals surface area contributed by atoms with E-state index in [4.69, 9.17) is 0 Å². The molecule has 0 unspecified atom stereocenters. The standard InChI is InChI=1S/C14H25N3S/c1-4-6-7-9-17(3)11-13-12-18-14(16-13)10-15-8-5-2/h4,12,15H,1,5-11H2,2-3H3. The van der Waals surface area contributed by atoms with Crippen LogP contribution in [0, 0.1) is 0 Å². The van der Waals surface area contributed by atoms with Crippen molar-refractivity contribution in [2.24, 2.45) is 0 Å². The zero-order chi connectivity index (χ0) is 13.2. The van der Waals surface area contributed by atoms with Crippen LogP contribution in [0.3, 0.4) is 0 Å². The summed E-state index contributed by atoms with van der Waals surface area (Å²) in [7, 11) is 2.15. The van der Waals surface area contributed by atoms with Gasteiger partial charge in [0.25, 0.3) is 0 Å². The minimum Gasteiger partial charge on any atom is -0.310 e. The van der Waals surface area contributed by atoms with E-state index in [0.717, 1.165) is 32.6 Å². The summed E-state index contributed by atoms with van der Waals surface area (Å²) in [6.45, 7) is 9.94. The van der Waals surface area contributed by atoms with Crippen LogP contribution in [-0.2, 0) is 13.1 Å². The lowest BCUT2D eigenvalue weighted by atomic mass is 10.3. The number of thiazole rings is 1. The fraction of sp³-hybridized carbons (Fsp3) is 0.643. The molecule has 0 saturated carbocycles. The van der Waals surface area contributed by atoms with Crippen molar-refractivity contribution in [1.82, 2.24) is 15.2 Å². The van der Waals surface area contributed by atoms with Crippen molar-refractivity contribution in [2.75, 3.05) is 20.1 Å². The molecule has 1 aromatic rings. The molecule has 1 heterocycles. The number of nitrogens with zero attached hydrogens (tertiary/aromatic N) is 2. The number of allylic oxidation sites excluding steroid dienone is 1. The smallest absolute Gasteiger partial charge is 0.107 e. The second-order valence-electron chi connectivity index (χ2n) is 4.58. The Morgan fingerprint density at radius 2 is 2.39 bits per heavy atom. The van der Waals surface area contributed by atoms with Crippen LogP contribution in [0.4, 0.5) is 0 Å². The van der Waals surface area contributed by atoms with Crippen molar-refractivity contribution >= 4 is 11.3 Å². The molecule has 0 aliphatic rings. The third-order valence-corrected chi connectivity index (χ3v) is 3.58. The molecule has 0 radical (unpaired) electrons. The van der Waals surface area contributed by atoms with Crippen molar-refractivity contribution in [3.05, 3.63) is 28.7 Å². The number of hydrogen-bond acceptors (Lipinski definition) is 4. The van der Waals surface area contributed by atoms with Crippen LogP contribution in [0.2, 0.25) is 0 Å². The molecule has 0 saturated heterocycles. The largest absolute Gasteiger partial charge is 0.310 e. The molecule has 0 amide bonds. The molecule has 3 nitrogen and oxygen atoms in total. The molecule has 0 aromatic carbocycles. The molecular weight excluding hydrogens is 242 g/mol. The molecule has 0 aliphatic carbocycles. The summed E-state index contributed by atoms with van der Waals surface area (Å²) in [5, 5.41) is 6.75. The number of unbranched alkanes of at least 4 members (excludes halogenated alkanes) is 1. The fourth-order valence-corrected chi connectivity index (χ4v) is 2.49. The molecule has 1 N–H and O–H groups in total. The summed E-state index contributed by atoms with van der Waals surface area (Å²) >= 11 is 1.75. The second-order valence-corrected chi connectivity index (χ2v) is 5.52. The lowest BCUT2D eigenvalue weighted by molar-refractivity contribution is 0.319. The van der Waals surface area contributed by atoms with Gasteiger partial charge in [0.05, 0.1) is 5.69 Å². The molecule has 0 spiro atoms. The van der Waals surface area contributed by atoms with Gasteiger partial charge in [0.2, 0.25) is 0 Å². The Kier molecular flexibility index (Phi) is 7.89. The summed E-state index contributed by atoms with van der Waals surface area (Å²) < 4.78 is 0. The van der Waals surface area contributed by atoms with Crippen molar-refractivity contribution < 1.29 is 0 Å². The number of rotatable bonds is 10. The lowest BCUT2D eigenvalue weighted by Crippen LogP contribution is -2.19. The molecule has 1 rings (SSSR count). The molecule has 18 heavy (non-hydrogen) atoms. The minimum atomic E-state index is 0.901. The number of hydrogen-bond donors (Lipinski definition) is 1. The molecule has 1 aromatic heterocycles. The Labute approximate surface area is 115 Å². The van der Waals surface area contributed by atoms with Gasteiger partial charge in [-0.2, -0.15) is 0 Å². The third kappa shape index (κ3) is 6.28. The Morgan fingerprint density at radius 3 is 3.11 bits per heavy atom. The highest BCUT2D eigenvalue weighted by atomic mass is 32.1. The zero-order valence-corrected chi connectivity index (χ0v) is 12.4. The van der Waals surface area contributed by atoms with Gasteiger partial charge >= 0.3 is 0 Å². The van der Waals surface area contributed by atoms with Gasteiger partial charge in [0.15, 0.2) is 0 Å². The Hall–Kier alpha value is -0.710. The minimum absolute atomic E-state index is 0.901. The van der Waals surface area contributed by atoms with Crippen LogP contribution in [0.25, 0.3) is 0 Å². The highest BCUT2D eigenvalue weighted by Gasteiger charge is 2.04. The molecule has 102 valence electrons. The average molecular weight is 267 g/mol. The van der Waals surface area contributed by atoms with Gasteiger partial charge in [-0.25, -0.2) is 4.98 Å². The van der Waals surface area contributed by atoms with Crippen molar-refractivity contribution in [1.29, 1.82) is 0 Å². The SMILES string of the molecule is C=CCCCN(C)Cc1csc(CNCCC)n1. The van der Waals surface area contributed by atoms with E-state index in [1.54, 1.807) is 11.3 Å². The number of nitrogens with one attached hydrogen (secondary N) is 1. The van der Waals surface area contributed by atoms with Crippen molar-refractivity contribution in [3.63, 3.8) is 0 Å². The molecule has 0 fully saturated rings. The van der Waals surface area contributed by atoms with E-state index in [2.05, 4.69) is 41.1 Å². The monoisotopic (exact) mass is 267 g/mol. The van der Waals surface area contributed by atoms with E-state index in [-0.39, 0.29) is 0 Å². The Bertz CT molecular complexity index is 336. The maximum Gasteiger partial charge on any atom is 0.107 e. The fourth-order valence-electron chi connectivity index (χ4n) is 1.74. The van der Waals surface area contributed by atoms with E-state index in [1.165, 1.54) is 23.5 Å². The molecule has 0 aliphatic heterocycles. The van der Waals surface area contributed by atoms with E-state index in [1.807, 2.05) is 6.08 Å². The first-order chi connectivity index (χ1) is 8.76. The summed E-state index contributed by atoms with van der Waals surface area (Å²) in [4.78, 5) is 6.97. The first kappa shape index (κ1) is 15.3. The zero-order valence-electron chi connectivity index (χ0n) is 11.6. The van der Waals surface area contributed by atoms with Crippen LogP contribution in [0.1, 0.15) is 36.9 Å². The highest BCUT2D eigenvalue weighted by Crippen LogP contribution is 2.11. The average Bonchev–Trinajstić information content (AvgIpc) is 2.77. The summed E-state index contributed by atoms with van der Waals surface area (Å²) in [5.41, 5.74) is 1.19. The number of aromatic nitrogens is 1. The van der Waals surface area contributed by atoms with Crippen LogP contribution < -0.4 is 5.32 Å². The van der Waals surface area contributed by atoms with Crippen LogP contribution in [0.5, 0.6) is 0 Å². The maximum absolute atomic E-state index is 4.64. The van der Waals surface area contributed by atoms with E-state index in [0.29, 0.717) is 0 Å². The van der Waals surface area contributed by atoms with Gasteiger partial charge in [-0.1, -0.05) is 13.0 Å². The van der Waals surface area contributed by atoms with Gasteiger partial charge in [0, 0.05) is 18.5 Å². The van der Waals surface area contributed by atoms with Crippen LogP contribution >= 0.6 is 11.3 Å². The summed E-state index contributed by atoms with van der Waals surface area (Å²) in [5.74, 6) is 0. The van der Waals surface area contributed by atoms with Gasteiger partial charge in [-0.15, -0.1) is 17.9 Å². The van der Waals surface area contributed by atoms with Gasteiger partial charge in [0.1, 0.15) is 5.01 Å². The highest BCUT2D eigenvalue weighted by molar-refractivity contribution is 7.09. The third-order valence-electron chi connectivity index (χ3n) is 2.68. The van der Waals surface area contributed by atoms with E-state index in [9.17, 15) is 0 Å². The van der Waals surface area contributed by atoms with Crippen molar-refractivity contribution in [2.45, 2.75) is 39.3 Å². The maximum atomic E-state index is 4.64. The molecule has 0 atom stereocenters. The van der Waals surface area contributed by atoms with Gasteiger partial charge in [-0.3, -0.25) is 0 Å². The van der Waals surface area contributed by atoms with Gasteiger partial charge in [-0.05, 0) is 39.4 Å². The van der Waals surface area contributed by atoms with E-state index >= 15 is 0 Å². The summed E-state index contributed by atoms with van der Waals surface area (Å²) in [6.07, 6.45) is 5.42. The van der Waals surface area contributed by atoms with Crippen molar-refractivity contribution in [3.8, 4) is 0 Å². The molecule has 4 heteroatoms. The summed E-state index contributed by atoms with van der Waals surface area (Å²) in [6, 6.07) is 0. The van der Waals surface area contributed by atoms with Gasteiger partial charge < -0.3 is 10.2 Å². The first-order valence-corrected chi connectivity index (χ1v) is 7.57. The predicted molar refractivity (Wildman–Crippen MR) is 79.9 cm³/mol. The quantitative estimate of drug-likeness (QED) is 0.522.